The summed E-state index contributed by atoms with van der Waals surface area (Å²) in [6.45, 7) is 4.01. The summed E-state index contributed by atoms with van der Waals surface area (Å²) in [5.74, 6) is -0.101. The molecule has 3 N–H and O–H groups in total. The Morgan fingerprint density at radius 1 is 1.22 bits per heavy atom. The Bertz CT molecular complexity index is 1250. The molecule has 2 bridgehead atoms. The second-order valence-corrected chi connectivity index (χ2v) is 10.3. The van der Waals surface area contributed by atoms with Crippen molar-refractivity contribution in [2.45, 2.75) is 70.0 Å². The third kappa shape index (κ3) is 5.29. The minimum absolute atomic E-state index is 0.0638. The first-order valence-electron chi connectivity index (χ1n) is 13.5. The quantitative estimate of drug-likeness (QED) is 0.440. The number of fused-ring (bicyclic) bond motifs is 3. The maximum absolute atomic E-state index is 12.1. The lowest BCUT2D eigenvalue weighted by molar-refractivity contribution is 0.0963. The van der Waals surface area contributed by atoms with Gasteiger partial charge in [0.2, 0.25) is 0 Å². The number of aliphatic imine (C=N–C) groups is 1. The fourth-order valence-electron chi connectivity index (χ4n) is 5.92. The van der Waals surface area contributed by atoms with Crippen LogP contribution in [0.25, 0.3) is 10.9 Å². The number of aromatic hydroxyl groups is 1. The van der Waals surface area contributed by atoms with Gasteiger partial charge in [-0.15, -0.1) is 0 Å². The third-order valence-corrected chi connectivity index (χ3v) is 8.02. The summed E-state index contributed by atoms with van der Waals surface area (Å²) in [5, 5.41) is 18.7. The largest absolute Gasteiger partial charge is 0.494 e. The molecule has 9 nitrogen and oxygen atoms in total. The van der Waals surface area contributed by atoms with E-state index < -0.39 is 0 Å². The van der Waals surface area contributed by atoms with E-state index in [4.69, 9.17) is 9.73 Å². The molecule has 37 heavy (non-hydrogen) atoms. The molecule has 9 heteroatoms. The average molecular weight is 507 g/mol. The van der Waals surface area contributed by atoms with Crippen LogP contribution in [0.2, 0.25) is 0 Å². The van der Waals surface area contributed by atoms with Crippen molar-refractivity contribution in [1.82, 2.24) is 25.0 Å². The Morgan fingerprint density at radius 2 is 1.95 bits per heavy atom. The van der Waals surface area contributed by atoms with Crippen LogP contribution in [-0.2, 0) is 4.74 Å². The number of amides is 1. The number of benzene rings is 1. The van der Waals surface area contributed by atoms with Gasteiger partial charge in [0.15, 0.2) is 5.88 Å². The van der Waals surface area contributed by atoms with Crippen LogP contribution >= 0.6 is 0 Å². The van der Waals surface area contributed by atoms with Crippen molar-refractivity contribution in [3.8, 4) is 5.88 Å². The number of aromatic nitrogens is 3. The van der Waals surface area contributed by atoms with Gasteiger partial charge in [0.05, 0.1) is 29.7 Å². The zero-order valence-corrected chi connectivity index (χ0v) is 22.0. The molecular formula is C28H38N6O3. The number of carbonyl (C=O) groups excluding carboxylic acids is 1. The molecule has 0 radical (unpaired) electrons. The molecular weight excluding hydrogens is 468 g/mol. The minimum atomic E-state index is -0.165. The van der Waals surface area contributed by atoms with E-state index in [0.29, 0.717) is 35.7 Å². The molecule has 0 saturated carbocycles. The molecule has 1 amide bonds. The zero-order chi connectivity index (χ0) is 25.9. The van der Waals surface area contributed by atoms with Crippen molar-refractivity contribution in [3.05, 3.63) is 41.7 Å². The Kier molecular flexibility index (Phi) is 7.62. The third-order valence-electron chi connectivity index (χ3n) is 8.02. The fraction of sp³-hybridized carbons (Fsp3) is 0.536. The highest BCUT2D eigenvalue weighted by molar-refractivity contribution is 6.14. The lowest BCUT2D eigenvalue weighted by atomic mass is 9.98. The van der Waals surface area contributed by atoms with Crippen LogP contribution in [0.5, 0.6) is 5.88 Å². The zero-order valence-electron chi connectivity index (χ0n) is 22.0. The topological polar surface area (TPSA) is 108 Å². The molecule has 3 fully saturated rings. The van der Waals surface area contributed by atoms with E-state index >= 15 is 0 Å². The lowest BCUT2D eigenvalue weighted by Crippen LogP contribution is -2.40. The highest BCUT2D eigenvalue weighted by Gasteiger charge is 2.39. The molecule has 3 aromatic rings. The summed E-state index contributed by atoms with van der Waals surface area (Å²) in [5.41, 5.74) is 3.48. The number of rotatable bonds is 5. The first-order valence-corrected chi connectivity index (χ1v) is 13.5. The molecule has 2 aromatic heterocycles. The van der Waals surface area contributed by atoms with Crippen LogP contribution in [0, 0.1) is 0 Å². The summed E-state index contributed by atoms with van der Waals surface area (Å²) in [6, 6.07) is 7.06. The average Bonchev–Trinajstić information content (AvgIpc) is 3.71. The number of aromatic amines is 1. The standard InChI is InChI=1S/C24H30N6O2.C4H8O/c1-4-20(22-19-9-14(23(31)25-2)5-8-21(19)28-24(22)32)27-15-12-26-30(13-15)18-10-16-6-7-17(11-18)29(16)3;1-2-4-5-3-1/h5,8-9,12-13,16-18,28,32H,4,6-7,10-11H2,1-3H3,(H,25,31);1-4H2. The number of piperidine rings is 1. The van der Waals surface area contributed by atoms with Crippen LogP contribution in [-0.4, -0.2) is 75.8 Å². The molecule has 6 rings (SSSR count). The van der Waals surface area contributed by atoms with Crippen molar-refractivity contribution < 1.29 is 14.6 Å². The van der Waals surface area contributed by atoms with E-state index in [-0.39, 0.29) is 11.8 Å². The highest BCUT2D eigenvalue weighted by atomic mass is 16.5. The first kappa shape index (κ1) is 25.5. The van der Waals surface area contributed by atoms with Gasteiger partial charge >= 0.3 is 0 Å². The van der Waals surface area contributed by atoms with Gasteiger partial charge in [-0.2, -0.15) is 5.10 Å². The van der Waals surface area contributed by atoms with Gasteiger partial charge in [-0.3, -0.25) is 9.48 Å². The van der Waals surface area contributed by atoms with Gasteiger partial charge in [-0.05, 0) is 70.2 Å². The van der Waals surface area contributed by atoms with Gasteiger partial charge in [0, 0.05) is 48.8 Å². The monoisotopic (exact) mass is 506 g/mol. The SMILES string of the molecule is C1CCOC1.CCC(=Nc1cnn(C2CC3CCC(C2)N3C)c1)c1c(O)[nH]c2ccc(C(=O)NC)cc12. The van der Waals surface area contributed by atoms with Gasteiger partial charge in [-0.1, -0.05) is 6.92 Å². The van der Waals surface area contributed by atoms with Crippen molar-refractivity contribution in [2.24, 2.45) is 4.99 Å². The van der Waals surface area contributed by atoms with Gasteiger partial charge in [0.25, 0.3) is 5.91 Å². The van der Waals surface area contributed by atoms with Crippen LogP contribution in [0.1, 0.15) is 73.8 Å². The Morgan fingerprint density at radius 3 is 2.57 bits per heavy atom. The second kappa shape index (κ2) is 11.1. The van der Waals surface area contributed by atoms with E-state index in [0.717, 1.165) is 48.4 Å². The van der Waals surface area contributed by atoms with Crippen LogP contribution < -0.4 is 5.32 Å². The van der Waals surface area contributed by atoms with Crippen LogP contribution in [0.3, 0.4) is 0 Å². The predicted molar refractivity (Wildman–Crippen MR) is 145 cm³/mol. The Hall–Kier alpha value is -3.17. The molecule has 0 spiro atoms. The number of hydrogen-bond acceptors (Lipinski definition) is 6. The van der Waals surface area contributed by atoms with Crippen molar-refractivity contribution in [1.29, 1.82) is 0 Å². The predicted octanol–water partition coefficient (Wildman–Crippen LogP) is 4.55. The van der Waals surface area contributed by atoms with E-state index in [9.17, 15) is 9.90 Å². The summed E-state index contributed by atoms with van der Waals surface area (Å²) in [6.07, 6.45) is 11.8. The van der Waals surface area contributed by atoms with Crippen LogP contribution in [0.4, 0.5) is 5.69 Å². The minimum Gasteiger partial charge on any atom is -0.494 e. The number of H-pyrrole nitrogens is 1. The maximum atomic E-state index is 12.1. The molecule has 2 unspecified atom stereocenters. The fourth-order valence-corrected chi connectivity index (χ4v) is 5.92. The van der Waals surface area contributed by atoms with Crippen molar-refractivity contribution >= 4 is 28.2 Å². The summed E-state index contributed by atoms with van der Waals surface area (Å²) >= 11 is 0. The van der Waals surface area contributed by atoms with Gasteiger partial charge < -0.3 is 25.0 Å². The molecule has 5 heterocycles. The number of nitrogens with zero attached hydrogens (tertiary/aromatic N) is 4. The molecule has 198 valence electrons. The highest BCUT2D eigenvalue weighted by Crippen LogP contribution is 2.40. The first-order chi connectivity index (χ1) is 18.0. The number of ether oxygens (including phenoxy) is 1. The second-order valence-electron chi connectivity index (χ2n) is 10.3. The Balaban J connectivity index is 0.000000503. The summed E-state index contributed by atoms with van der Waals surface area (Å²) in [4.78, 5) is 22.5. The van der Waals surface area contributed by atoms with Gasteiger partial charge in [-0.25, -0.2) is 4.99 Å². The number of nitrogens with one attached hydrogen (secondary N) is 2. The normalized spacial score (nSPS) is 23.8. The lowest BCUT2D eigenvalue weighted by Gasteiger charge is -2.36. The summed E-state index contributed by atoms with van der Waals surface area (Å²) in [7, 11) is 3.85. The van der Waals surface area contributed by atoms with E-state index in [1.54, 1.807) is 25.4 Å². The summed E-state index contributed by atoms with van der Waals surface area (Å²) < 4.78 is 7.02. The maximum Gasteiger partial charge on any atom is 0.251 e. The molecule has 1 aromatic carbocycles. The molecule has 3 saturated heterocycles. The van der Waals surface area contributed by atoms with E-state index in [2.05, 4.69) is 32.0 Å². The number of hydrogen-bond donors (Lipinski definition) is 3. The smallest absolute Gasteiger partial charge is 0.251 e. The van der Waals surface area contributed by atoms with E-state index in [1.807, 2.05) is 19.2 Å². The van der Waals surface area contributed by atoms with Crippen molar-refractivity contribution in [2.75, 3.05) is 27.3 Å². The van der Waals surface area contributed by atoms with E-state index in [1.165, 1.54) is 25.7 Å². The van der Waals surface area contributed by atoms with Crippen LogP contribution in [0.15, 0.2) is 35.6 Å². The van der Waals surface area contributed by atoms with Gasteiger partial charge in [0.1, 0.15) is 5.69 Å². The molecule has 2 atom stereocenters. The molecule has 0 aliphatic carbocycles. The van der Waals surface area contributed by atoms with Crippen molar-refractivity contribution in [3.63, 3.8) is 0 Å². The number of carbonyl (C=O) groups is 1. The molecule has 3 aliphatic rings. The Labute approximate surface area is 217 Å². The molecule has 3 aliphatic heterocycles.